The highest BCUT2D eigenvalue weighted by Gasteiger charge is 2.34. The molecule has 0 atom stereocenters. The molecule has 2 rings (SSSR count). The third kappa shape index (κ3) is 2.19. The quantitative estimate of drug-likeness (QED) is 0.740. The largest absolute Gasteiger partial charge is 0.315 e. The molecule has 0 saturated carbocycles. The maximum Gasteiger partial charge on any atom is 0.227 e. The van der Waals surface area contributed by atoms with Gasteiger partial charge in [0.15, 0.2) is 0 Å². The van der Waals surface area contributed by atoms with Crippen LogP contribution in [-0.2, 0) is 16.6 Å². The van der Waals surface area contributed by atoms with Crippen molar-refractivity contribution in [3.63, 3.8) is 0 Å². The van der Waals surface area contributed by atoms with E-state index in [0.29, 0.717) is 12.3 Å². The van der Waals surface area contributed by atoms with Crippen LogP contribution in [0.2, 0.25) is 0 Å². The van der Waals surface area contributed by atoms with Crippen LogP contribution < -0.4 is 4.90 Å². The number of amides is 1. The number of carbonyl (C=O) groups excluding carboxylic acids is 1. The zero-order valence-corrected chi connectivity index (χ0v) is 11.3. The van der Waals surface area contributed by atoms with Crippen molar-refractivity contribution in [2.24, 2.45) is 0 Å². The summed E-state index contributed by atoms with van der Waals surface area (Å²) in [4.78, 5) is 13.6. The first-order valence-corrected chi connectivity index (χ1v) is 6.45. The van der Waals surface area contributed by atoms with Gasteiger partial charge in [0.05, 0.1) is 0 Å². The summed E-state index contributed by atoms with van der Waals surface area (Å²) in [6, 6.07) is 6.29. The Morgan fingerprint density at radius 2 is 2.12 bits per heavy atom. The average molecular weight is 252 g/mol. The lowest BCUT2D eigenvalue weighted by atomic mass is 9.77. The molecule has 1 heterocycles. The normalized spacial score (nSPS) is 18.1. The standard InChI is InChI=1S/C14H18ClNO/c1-14(2)9-13(17)16(3)12-5-4-10(6-7-15)8-11(12)14/h4-5,8H,6-7,9H2,1-3H3. The zero-order chi connectivity index (χ0) is 12.6. The second kappa shape index (κ2) is 4.34. The van der Waals surface area contributed by atoms with Crippen LogP contribution in [-0.4, -0.2) is 18.8 Å². The number of nitrogens with zero attached hydrogens (tertiary/aromatic N) is 1. The maximum atomic E-state index is 11.9. The van der Waals surface area contributed by atoms with E-state index in [-0.39, 0.29) is 11.3 Å². The second-order valence-electron chi connectivity index (χ2n) is 5.30. The number of rotatable bonds is 2. The minimum absolute atomic E-state index is 0.0821. The van der Waals surface area contributed by atoms with Crippen LogP contribution >= 0.6 is 11.6 Å². The summed E-state index contributed by atoms with van der Waals surface area (Å²) in [7, 11) is 1.84. The Balaban J connectivity index is 2.51. The van der Waals surface area contributed by atoms with Crippen molar-refractivity contribution < 1.29 is 4.79 Å². The molecule has 0 saturated heterocycles. The molecule has 1 amide bonds. The van der Waals surface area contributed by atoms with E-state index in [0.717, 1.165) is 12.1 Å². The van der Waals surface area contributed by atoms with Gasteiger partial charge in [0, 0.05) is 30.5 Å². The summed E-state index contributed by atoms with van der Waals surface area (Å²) < 4.78 is 0. The van der Waals surface area contributed by atoms with Gasteiger partial charge in [0.25, 0.3) is 0 Å². The van der Waals surface area contributed by atoms with Crippen LogP contribution in [0.15, 0.2) is 18.2 Å². The fourth-order valence-corrected chi connectivity index (χ4v) is 2.63. The highest BCUT2D eigenvalue weighted by Crippen LogP contribution is 2.40. The van der Waals surface area contributed by atoms with Gasteiger partial charge >= 0.3 is 0 Å². The highest BCUT2D eigenvalue weighted by molar-refractivity contribution is 6.18. The number of hydrogen-bond donors (Lipinski definition) is 0. The van der Waals surface area contributed by atoms with Crippen molar-refractivity contribution in [3.05, 3.63) is 29.3 Å². The molecule has 0 bridgehead atoms. The molecule has 1 aliphatic rings. The van der Waals surface area contributed by atoms with E-state index < -0.39 is 0 Å². The number of benzene rings is 1. The van der Waals surface area contributed by atoms with Crippen molar-refractivity contribution in [2.75, 3.05) is 17.8 Å². The van der Waals surface area contributed by atoms with Crippen molar-refractivity contribution in [1.29, 1.82) is 0 Å². The monoisotopic (exact) mass is 251 g/mol. The van der Waals surface area contributed by atoms with Gasteiger partial charge in [-0.1, -0.05) is 26.0 Å². The van der Waals surface area contributed by atoms with E-state index in [2.05, 4.69) is 26.0 Å². The fourth-order valence-electron chi connectivity index (χ4n) is 2.41. The van der Waals surface area contributed by atoms with E-state index in [1.54, 1.807) is 4.90 Å². The summed E-state index contributed by atoms with van der Waals surface area (Å²) in [6.07, 6.45) is 1.45. The van der Waals surface area contributed by atoms with Gasteiger partial charge < -0.3 is 4.90 Å². The van der Waals surface area contributed by atoms with Gasteiger partial charge in [-0.15, -0.1) is 11.6 Å². The molecule has 0 fully saturated rings. The number of alkyl halides is 1. The molecular weight excluding hydrogens is 234 g/mol. The molecule has 1 aromatic rings. The predicted octanol–water partition coefficient (Wildman–Crippen LogP) is 3.11. The molecule has 3 heteroatoms. The Bertz CT molecular complexity index is 454. The van der Waals surface area contributed by atoms with E-state index in [9.17, 15) is 4.79 Å². The van der Waals surface area contributed by atoms with E-state index >= 15 is 0 Å². The van der Waals surface area contributed by atoms with Crippen LogP contribution in [0, 0.1) is 0 Å². The van der Waals surface area contributed by atoms with E-state index in [1.807, 2.05) is 13.1 Å². The minimum atomic E-state index is -0.0821. The summed E-state index contributed by atoms with van der Waals surface area (Å²) in [5.74, 6) is 0.821. The SMILES string of the molecule is CN1C(=O)CC(C)(C)c2cc(CCCl)ccc21. The Hall–Kier alpha value is -1.02. The number of halogens is 1. The molecule has 0 N–H and O–H groups in total. The predicted molar refractivity (Wildman–Crippen MR) is 71.9 cm³/mol. The number of aryl methyl sites for hydroxylation is 1. The summed E-state index contributed by atoms with van der Waals surface area (Å²) in [5, 5.41) is 0. The van der Waals surface area contributed by atoms with Crippen LogP contribution in [0.5, 0.6) is 0 Å². The molecule has 0 aliphatic carbocycles. The van der Waals surface area contributed by atoms with Crippen LogP contribution in [0.1, 0.15) is 31.4 Å². The Morgan fingerprint density at radius 1 is 1.41 bits per heavy atom. The third-order valence-electron chi connectivity index (χ3n) is 3.50. The summed E-state index contributed by atoms with van der Waals surface area (Å²) in [6.45, 7) is 4.25. The van der Waals surface area contributed by atoms with E-state index in [4.69, 9.17) is 11.6 Å². The van der Waals surface area contributed by atoms with Crippen molar-refractivity contribution in [1.82, 2.24) is 0 Å². The zero-order valence-electron chi connectivity index (χ0n) is 10.6. The van der Waals surface area contributed by atoms with Gasteiger partial charge in [-0.3, -0.25) is 4.79 Å². The van der Waals surface area contributed by atoms with Gasteiger partial charge in [-0.25, -0.2) is 0 Å². The molecule has 2 nitrogen and oxygen atoms in total. The molecular formula is C14H18ClNO. The Morgan fingerprint density at radius 3 is 2.76 bits per heavy atom. The summed E-state index contributed by atoms with van der Waals surface area (Å²) in [5.41, 5.74) is 3.45. The average Bonchev–Trinajstić information content (AvgIpc) is 2.26. The summed E-state index contributed by atoms with van der Waals surface area (Å²) >= 11 is 5.78. The van der Waals surface area contributed by atoms with Crippen molar-refractivity contribution in [2.45, 2.75) is 32.1 Å². The van der Waals surface area contributed by atoms with Crippen molar-refractivity contribution >= 4 is 23.2 Å². The smallest absolute Gasteiger partial charge is 0.227 e. The Kier molecular flexibility index (Phi) is 3.17. The number of carbonyl (C=O) groups is 1. The second-order valence-corrected chi connectivity index (χ2v) is 5.68. The fraction of sp³-hybridized carbons (Fsp3) is 0.500. The van der Waals surface area contributed by atoms with Crippen LogP contribution in [0.25, 0.3) is 0 Å². The molecule has 0 spiro atoms. The molecule has 17 heavy (non-hydrogen) atoms. The lowest BCUT2D eigenvalue weighted by molar-refractivity contribution is -0.119. The molecule has 0 radical (unpaired) electrons. The number of anilines is 1. The molecule has 0 unspecified atom stereocenters. The lowest BCUT2D eigenvalue weighted by Gasteiger charge is -2.37. The molecule has 1 aromatic carbocycles. The Labute approximate surface area is 108 Å². The minimum Gasteiger partial charge on any atom is -0.315 e. The highest BCUT2D eigenvalue weighted by atomic mass is 35.5. The maximum absolute atomic E-state index is 11.9. The van der Waals surface area contributed by atoms with Gasteiger partial charge in [-0.2, -0.15) is 0 Å². The van der Waals surface area contributed by atoms with Gasteiger partial charge in [-0.05, 0) is 23.6 Å². The first-order chi connectivity index (χ1) is 7.95. The lowest BCUT2D eigenvalue weighted by Crippen LogP contribution is -2.39. The first kappa shape index (κ1) is 12.4. The number of fused-ring (bicyclic) bond motifs is 1. The van der Waals surface area contributed by atoms with Crippen molar-refractivity contribution in [3.8, 4) is 0 Å². The molecule has 1 aliphatic heterocycles. The topological polar surface area (TPSA) is 20.3 Å². The van der Waals surface area contributed by atoms with Gasteiger partial charge in [0.2, 0.25) is 5.91 Å². The molecule has 0 aromatic heterocycles. The van der Waals surface area contributed by atoms with Crippen LogP contribution in [0.3, 0.4) is 0 Å². The molecule has 92 valence electrons. The van der Waals surface area contributed by atoms with Gasteiger partial charge in [0.1, 0.15) is 0 Å². The van der Waals surface area contributed by atoms with E-state index in [1.165, 1.54) is 11.1 Å². The number of hydrogen-bond acceptors (Lipinski definition) is 1. The van der Waals surface area contributed by atoms with Crippen LogP contribution in [0.4, 0.5) is 5.69 Å². The third-order valence-corrected chi connectivity index (χ3v) is 3.69. The first-order valence-electron chi connectivity index (χ1n) is 5.91.